The standard InChI is InChI=1S/C22H16F8N2O4/c1-11(33)13-3-7-15(8-4-13)31-17(35)19(23,24)21(27,28)22(29,30)20(25,26)18(36)32-16-9-5-14(6-10-16)12(2)34/h3-10H,1-2H3,(H,31,35)(H,32,36). The molecule has 6 nitrogen and oxygen atoms in total. The summed E-state index contributed by atoms with van der Waals surface area (Å²) in [7, 11) is 0. The van der Waals surface area contributed by atoms with E-state index >= 15 is 0 Å². The van der Waals surface area contributed by atoms with Gasteiger partial charge in [0.15, 0.2) is 11.6 Å². The summed E-state index contributed by atoms with van der Waals surface area (Å²) >= 11 is 0. The molecular formula is C22H16F8N2O4. The number of rotatable bonds is 9. The molecule has 0 atom stereocenters. The summed E-state index contributed by atoms with van der Waals surface area (Å²) in [6.45, 7) is 2.25. The van der Waals surface area contributed by atoms with Crippen molar-refractivity contribution in [3.05, 3.63) is 59.7 Å². The lowest BCUT2D eigenvalue weighted by molar-refractivity contribution is -0.345. The van der Waals surface area contributed by atoms with E-state index < -0.39 is 58.4 Å². The van der Waals surface area contributed by atoms with Gasteiger partial charge in [-0.05, 0) is 62.4 Å². The minimum Gasteiger partial charge on any atom is -0.321 e. The Labute approximate surface area is 197 Å². The quantitative estimate of drug-likeness (QED) is 0.348. The Bertz CT molecular complexity index is 1090. The van der Waals surface area contributed by atoms with Crippen LogP contribution in [0.2, 0.25) is 0 Å². The van der Waals surface area contributed by atoms with Gasteiger partial charge in [0.1, 0.15) is 0 Å². The maximum absolute atomic E-state index is 14.1. The third-order valence-electron chi connectivity index (χ3n) is 4.85. The lowest BCUT2D eigenvalue weighted by atomic mass is 9.97. The predicted octanol–water partition coefficient (Wildman–Crippen LogP) is 5.21. The molecule has 194 valence electrons. The summed E-state index contributed by atoms with van der Waals surface area (Å²) in [5.74, 6) is -34.1. The van der Waals surface area contributed by atoms with Gasteiger partial charge in [0, 0.05) is 22.5 Å². The van der Waals surface area contributed by atoms with Crippen LogP contribution in [0.1, 0.15) is 34.6 Å². The second-order valence-corrected chi connectivity index (χ2v) is 7.47. The van der Waals surface area contributed by atoms with Gasteiger partial charge in [-0.2, -0.15) is 35.1 Å². The lowest BCUT2D eigenvalue weighted by Gasteiger charge is -2.35. The predicted molar refractivity (Wildman–Crippen MR) is 110 cm³/mol. The number of carbonyl (C=O) groups is 4. The summed E-state index contributed by atoms with van der Waals surface area (Å²) in [4.78, 5) is 45.8. The maximum Gasteiger partial charge on any atom is 0.393 e. The maximum atomic E-state index is 14.1. The molecule has 0 aliphatic rings. The van der Waals surface area contributed by atoms with Gasteiger partial charge in [-0.25, -0.2) is 0 Å². The molecule has 0 unspecified atom stereocenters. The van der Waals surface area contributed by atoms with Crippen molar-refractivity contribution in [1.82, 2.24) is 0 Å². The van der Waals surface area contributed by atoms with Crippen LogP contribution in [0, 0.1) is 0 Å². The van der Waals surface area contributed by atoms with E-state index in [0.29, 0.717) is 0 Å². The number of anilines is 2. The van der Waals surface area contributed by atoms with Crippen molar-refractivity contribution in [2.75, 3.05) is 10.6 Å². The number of ketones is 2. The summed E-state index contributed by atoms with van der Waals surface area (Å²) in [6, 6.07) is 7.19. The van der Waals surface area contributed by atoms with Crippen molar-refractivity contribution in [1.29, 1.82) is 0 Å². The monoisotopic (exact) mass is 524 g/mol. The molecule has 0 aromatic heterocycles. The molecule has 0 bridgehead atoms. The Balaban J connectivity index is 2.28. The highest BCUT2D eigenvalue weighted by Crippen LogP contribution is 2.53. The average Bonchev–Trinajstić information content (AvgIpc) is 2.79. The molecule has 2 N–H and O–H groups in total. The van der Waals surface area contributed by atoms with Crippen molar-refractivity contribution in [3.63, 3.8) is 0 Å². The molecule has 0 saturated heterocycles. The molecule has 2 aromatic rings. The van der Waals surface area contributed by atoms with Crippen LogP contribution in [0.15, 0.2) is 48.5 Å². The molecule has 0 aliphatic heterocycles. The second-order valence-electron chi connectivity index (χ2n) is 7.47. The highest BCUT2D eigenvalue weighted by Gasteiger charge is 2.84. The zero-order valence-electron chi connectivity index (χ0n) is 18.3. The Kier molecular flexibility index (Phi) is 7.62. The first-order valence-electron chi connectivity index (χ1n) is 9.72. The number of Topliss-reactive ketones (excluding diaryl/α,β-unsaturated/α-hetero) is 2. The fraction of sp³-hybridized carbons (Fsp3) is 0.273. The van der Waals surface area contributed by atoms with E-state index in [2.05, 4.69) is 0 Å². The topological polar surface area (TPSA) is 92.3 Å². The fourth-order valence-corrected chi connectivity index (χ4v) is 2.68. The molecule has 2 aromatic carbocycles. The van der Waals surface area contributed by atoms with E-state index in [1.54, 1.807) is 0 Å². The van der Waals surface area contributed by atoms with Crippen molar-refractivity contribution >= 4 is 34.8 Å². The molecule has 2 rings (SSSR count). The molecule has 0 aliphatic carbocycles. The van der Waals surface area contributed by atoms with E-state index in [-0.39, 0.29) is 11.1 Å². The highest BCUT2D eigenvalue weighted by atomic mass is 19.4. The number of halogens is 8. The number of hydrogen-bond acceptors (Lipinski definition) is 4. The normalized spacial score (nSPS) is 12.6. The molecule has 0 heterocycles. The zero-order valence-corrected chi connectivity index (χ0v) is 18.3. The first-order chi connectivity index (χ1) is 16.4. The van der Waals surface area contributed by atoms with E-state index in [1.165, 1.54) is 10.6 Å². The van der Waals surface area contributed by atoms with Gasteiger partial charge in [-0.3, -0.25) is 19.2 Å². The first-order valence-corrected chi connectivity index (χ1v) is 9.72. The molecule has 2 amide bonds. The summed E-state index contributed by atoms with van der Waals surface area (Å²) in [5, 5.41) is 2.35. The summed E-state index contributed by atoms with van der Waals surface area (Å²) in [6.07, 6.45) is 0. The van der Waals surface area contributed by atoms with Crippen LogP contribution in [-0.2, 0) is 9.59 Å². The van der Waals surface area contributed by atoms with Gasteiger partial charge in [0.05, 0.1) is 0 Å². The Morgan fingerprint density at radius 1 is 0.528 bits per heavy atom. The van der Waals surface area contributed by atoms with Crippen LogP contribution in [0.3, 0.4) is 0 Å². The van der Waals surface area contributed by atoms with Crippen LogP contribution >= 0.6 is 0 Å². The SMILES string of the molecule is CC(=O)c1ccc(NC(=O)C(F)(F)C(F)(F)C(F)(F)C(F)(F)C(=O)Nc2ccc(C(C)=O)cc2)cc1. The Morgan fingerprint density at radius 2 is 0.778 bits per heavy atom. The number of carbonyl (C=O) groups excluding carboxylic acids is 4. The summed E-state index contributed by atoms with van der Waals surface area (Å²) < 4.78 is 113. The number of nitrogens with one attached hydrogen (secondary N) is 2. The molecule has 0 spiro atoms. The molecule has 36 heavy (non-hydrogen) atoms. The molecule has 14 heteroatoms. The van der Waals surface area contributed by atoms with Crippen LogP contribution < -0.4 is 10.6 Å². The van der Waals surface area contributed by atoms with E-state index in [4.69, 9.17) is 0 Å². The fourth-order valence-electron chi connectivity index (χ4n) is 2.68. The van der Waals surface area contributed by atoms with Gasteiger partial charge in [-0.1, -0.05) is 0 Å². The minimum absolute atomic E-state index is 0.0261. The van der Waals surface area contributed by atoms with Gasteiger partial charge in [0.2, 0.25) is 0 Å². The van der Waals surface area contributed by atoms with Crippen LogP contribution in [0.25, 0.3) is 0 Å². The number of alkyl halides is 8. The smallest absolute Gasteiger partial charge is 0.321 e. The van der Waals surface area contributed by atoms with Gasteiger partial charge >= 0.3 is 35.5 Å². The van der Waals surface area contributed by atoms with E-state index in [0.717, 1.165) is 62.4 Å². The van der Waals surface area contributed by atoms with Crippen LogP contribution in [0.5, 0.6) is 0 Å². The number of amides is 2. The van der Waals surface area contributed by atoms with Crippen molar-refractivity contribution in [2.45, 2.75) is 37.5 Å². The first kappa shape index (κ1) is 28.4. The molecule has 0 saturated carbocycles. The lowest BCUT2D eigenvalue weighted by Crippen LogP contribution is -2.67. The van der Waals surface area contributed by atoms with Crippen LogP contribution in [-0.4, -0.2) is 47.1 Å². The van der Waals surface area contributed by atoms with Gasteiger partial charge in [0.25, 0.3) is 0 Å². The molecule has 0 fully saturated rings. The third-order valence-corrected chi connectivity index (χ3v) is 4.85. The van der Waals surface area contributed by atoms with E-state index in [1.807, 2.05) is 0 Å². The molecule has 0 radical (unpaired) electrons. The van der Waals surface area contributed by atoms with Gasteiger partial charge in [-0.15, -0.1) is 0 Å². The molecular weight excluding hydrogens is 508 g/mol. The van der Waals surface area contributed by atoms with Crippen molar-refractivity contribution in [2.24, 2.45) is 0 Å². The largest absolute Gasteiger partial charge is 0.393 e. The summed E-state index contributed by atoms with van der Waals surface area (Å²) in [5.41, 5.74) is -1.22. The average molecular weight is 524 g/mol. The Morgan fingerprint density at radius 3 is 1.00 bits per heavy atom. The Hall–Kier alpha value is -3.84. The van der Waals surface area contributed by atoms with Crippen molar-refractivity contribution < 1.29 is 54.3 Å². The highest BCUT2D eigenvalue weighted by molar-refractivity contribution is 6.00. The van der Waals surface area contributed by atoms with Crippen LogP contribution in [0.4, 0.5) is 46.5 Å². The number of benzene rings is 2. The van der Waals surface area contributed by atoms with Gasteiger partial charge < -0.3 is 10.6 Å². The van der Waals surface area contributed by atoms with Crippen molar-refractivity contribution in [3.8, 4) is 0 Å². The third kappa shape index (κ3) is 5.06. The zero-order chi connectivity index (χ0) is 27.7. The second kappa shape index (κ2) is 9.66. The van der Waals surface area contributed by atoms with E-state index in [9.17, 15) is 54.3 Å². The number of hydrogen-bond donors (Lipinski definition) is 2. The minimum atomic E-state index is -7.05.